The maximum absolute atomic E-state index is 12.2. The van der Waals surface area contributed by atoms with E-state index in [0.717, 1.165) is 5.65 Å². The van der Waals surface area contributed by atoms with Crippen molar-refractivity contribution in [1.29, 1.82) is 0 Å². The van der Waals surface area contributed by atoms with Crippen LogP contribution in [0, 0.1) is 0 Å². The summed E-state index contributed by atoms with van der Waals surface area (Å²) in [4.78, 5) is 20.5. The number of nitrogens with one attached hydrogen (secondary N) is 1. The zero-order valence-corrected chi connectivity index (χ0v) is 12.6. The van der Waals surface area contributed by atoms with E-state index in [1.165, 1.54) is 6.20 Å². The third kappa shape index (κ3) is 2.60. The second-order valence-corrected chi connectivity index (χ2v) is 5.10. The van der Waals surface area contributed by atoms with Gasteiger partial charge in [-0.15, -0.1) is 10.2 Å². The minimum atomic E-state index is -0.215. The van der Waals surface area contributed by atoms with Gasteiger partial charge in [-0.1, -0.05) is 6.07 Å². The first kappa shape index (κ1) is 14.1. The van der Waals surface area contributed by atoms with Crippen LogP contribution in [0.25, 0.3) is 11.5 Å². The SMILES string of the molecule is O=C(NCc1nnc2ccccn12)c1ccc(-n2ccnc2)nc1. The van der Waals surface area contributed by atoms with Gasteiger partial charge in [0.1, 0.15) is 12.1 Å². The summed E-state index contributed by atoms with van der Waals surface area (Å²) in [5.41, 5.74) is 1.22. The molecule has 0 saturated heterocycles. The second-order valence-electron chi connectivity index (χ2n) is 5.10. The topological polar surface area (TPSA) is 90.0 Å². The number of carbonyl (C=O) groups is 1. The zero-order chi connectivity index (χ0) is 16.4. The van der Waals surface area contributed by atoms with E-state index in [2.05, 4.69) is 25.5 Å². The molecule has 8 nitrogen and oxygen atoms in total. The van der Waals surface area contributed by atoms with E-state index in [9.17, 15) is 4.79 Å². The highest BCUT2D eigenvalue weighted by atomic mass is 16.1. The molecule has 118 valence electrons. The van der Waals surface area contributed by atoms with E-state index in [0.29, 0.717) is 17.2 Å². The minimum absolute atomic E-state index is 0.215. The largest absolute Gasteiger partial charge is 0.345 e. The van der Waals surface area contributed by atoms with Gasteiger partial charge >= 0.3 is 0 Å². The molecule has 0 atom stereocenters. The molecule has 0 fully saturated rings. The van der Waals surface area contributed by atoms with Gasteiger partial charge in [0.2, 0.25) is 0 Å². The standard InChI is InChI=1S/C16H13N7O/c24-16(12-4-5-13(18-9-12)22-8-6-17-11-22)19-10-15-21-20-14-3-1-2-7-23(14)15/h1-9,11H,10H2,(H,19,24). The maximum atomic E-state index is 12.2. The Kier molecular flexibility index (Phi) is 3.47. The van der Waals surface area contributed by atoms with Crippen molar-refractivity contribution in [3.05, 3.63) is 72.8 Å². The summed E-state index contributed by atoms with van der Waals surface area (Å²) >= 11 is 0. The Bertz CT molecular complexity index is 973. The quantitative estimate of drug-likeness (QED) is 0.611. The van der Waals surface area contributed by atoms with Gasteiger partial charge in [-0.25, -0.2) is 9.97 Å². The predicted molar refractivity (Wildman–Crippen MR) is 85.5 cm³/mol. The van der Waals surface area contributed by atoms with Crippen molar-refractivity contribution < 1.29 is 4.79 Å². The average Bonchev–Trinajstić information content (AvgIpc) is 3.30. The molecule has 0 bridgehead atoms. The number of carbonyl (C=O) groups excluding carboxylic acids is 1. The van der Waals surface area contributed by atoms with Gasteiger partial charge in [-0.3, -0.25) is 13.8 Å². The number of pyridine rings is 2. The highest BCUT2D eigenvalue weighted by molar-refractivity contribution is 5.93. The van der Waals surface area contributed by atoms with Crippen LogP contribution < -0.4 is 5.32 Å². The zero-order valence-electron chi connectivity index (χ0n) is 12.6. The first-order chi connectivity index (χ1) is 11.8. The van der Waals surface area contributed by atoms with Gasteiger partial charge in [0.25, 0.3) is 5.91 Å². The molecular formula is C16H13N7O. The molecule has 24 heavy (non-hydrogen) atoms. The van der Waals surface area contributed by atoms with Crippen molar-refractivity contribution in [2.75, 3.05) is 0 Å². The molecule has 4 aromatic rings. The van der Waals surface area contributed by atoms with Crippen molar-refractivity contribution in [3.8, 4) is 5.82 Å². The lowest BCUT2D eigenvalue weighted by atomic mass is 10.2. The summed E-state index contributed by atoms with van der Waals surface area (Å²) in [5.74, 6) is 1.15. The molecule has 1 N–H and O–H groups in total. The molecule has 1 amide bonds. The molecule has 0 aromatic carbocycles. The van der Waals surface area contributed by atoms with E-state index in [1.54, 1.807) is 35.4 Å². The fourth-order valence-electron chi connectivity index (χ4n) is 2.34. The van der Waals surface area contributed by atoms with Crippen LogP contribution in [-0.4, -0.2) is 35.0 Å². The van der Waals surface area contributed by atoms with Gasteiger partial charge in [-0.05, 0) is 24.3 Å². The van der Waals surface area contributed by atoms with Gasteiger partial charge < -0.3 is 5.32 Å². The smallest absolute Gasteiger partial charge is 0.253 e. The Morgan fingerprint density at radius 3 is 2.88 bits per heavy atom. The van der Waals surface area contributed by atoms with Crippen LogP contribution in [0.2, 0.25) is 0 Å². The van der Waals surface area contributed by atoms with Crippen molar-refractivity contribution in [2.24, 2.45) is 0 Å². The van der Waals surface area contributed by atoms with Gasteiger partial charge in [-0.2, -0.15) is 0 Å². The van der Waals surface area contributed by atoms with Crippen molar-refractivity contribution in [1.82, 2.24) is 34.4 Å². The second kappa shape index (κ2) is 5.92. The molecular weight excluding hydrogens is 306 g/mol. The summed E-state index contributed by atoms with van der Waals surface area (Å²) in [7, 11) is 0. The first-order valence-corrected chi connectivity index (χ1v) is 7.32. The third-order valence-electron chi connectivity index (χ3n) is 3.57. The molecule has 0 saturated carbocycles. The lowest BCUT2D eigenvalue weighted by Gasteiger charge is -2.05. The van der Waals surface area contributed by atoms with Crippen LogP contribution >= 0.6 is 0 Å². The number of rotatable bonds is 4. The molecule has 8 heteroatoms. The summed E-state index contributed by atoms with van der Waals surface area (Å²) < 4.78 is 3.60. The van der Waals surface area contributed by atoms with Crippen LogP contribution in [0.15, 0.2) is 61.4 Å². The number of hydrogen-bond donors (Lipinski definition) is 1. The van der Waals surface area contributed by atoms with E-state index >= 15 is 0 Å². The minimum Gasteiger partial charge on any atom is -0.345 e. The monoisotopic (exact) mass is 319 g/mol. The molecule has 0 aliphatic heterocycles. The highest BCUT2D eigenvalue weighted by Gasteiger charge is 2.09. The fourth-order valence-corrected chi connectivity index (χ4v) is 2.34. The summed E-state index contributed by atoms with van der Waals surface area (Å²) in [6.07, 6.45) is 8.51. The van der Waals surface area contributed by atoms with Crippen molar-refractivity contribution >= 4 is 11.6 Å². The average molecular weight is 319 g/mol. The molecule has 4 rings (SSSR count). The van der Waals surface area contributed by atoms with Crippen LogP contribution in [-0.2, 0) is 6.54 Å². The van der Waals surface area contributed by atoms with Crippen LogP contribution in [0.4, 0.5) is 0 Å². The summed E-state index contributed by atoms with van der Waals surface area (Å²) in [5, 5.41) is 11.0. The molecule has 0 aliphatic carbocycles. The van der Waals surface area contributed by atoms with Crippen molar-refractivity contribution in [2.45, 2.75) is 6.54 Å². The van der Waals surface area contributed by atoms with Gasteiger partial charge in [0, 0.05) is 24.8 Å². The molecule has 0 radical (unpaired) electrons. The molecule has 4 aromatic heterocycles. The van der Waals surface area contributed by atoms with E-state index < -0.39 is 0 Å². The Morgan fingerprint density at radius 1 is 1.12 bits per heavy atom. The Balaban J connectivity index is 1.46. The number of imidazole rings is 1. The lowest BCUT2D eigenvalue weighted by molar-refractivity contribution is 0.0949. The Morgan fingerprint density at radius 2 is 2.08 bits per heavy atom. The van der Waals surface area contributed by atoms with Gasteiger partial charge in [0.05, 0.1) is 12.1 Å². The Labute approximate surface area is 136 Å². The molecule has 0 spiro atoms. The number of aromatic nitrogens is 6. The number of hydrogen-bond acceptors (Lipinski definition) is 5. The van der Waals surface area contributed by atoms with Crippen LogP contribution in [0.5, 0.6) is 0 Å². The summed E-state index contributed by atoms with van der Waals surface area (Å²) in [6, 6.07) is 9.13. The van der Waals surface area contributed by atoms with Crippen molar-refractivity contribution in [3.63, 3.8) is 0 Å². The van der Waals surface area contributed by atoms with Crippen LogP contribution in [0.1, 0.15) is 16.2 Å². The normalized spacial score (nSPS) is 10.8. The van der Waals surface area contributed by atoms with E-state index in [4.69, 9.17) is 0 Å². The fraction of sp³-hybridized carbons (Fsp3) is 0.0625. The third-order valence-corrected chi connectivity index (χ3v) is 3.57. The molecule has 4 heterocycles. The molecule has 0 unspecified atom stereocenters. The van der Waals surface area contributed by atoms with Gasteiger partial charge in [0.15, 0.2) is 11.5 Å². The Hall–Kier alpha value is -3.55. The number of fused-ring (bicyclic) bond motifs is 1. The van der Waals surface area contributed by atoms with E-state index in [-0.39, 0.29) is 12.5 Å². The number of amides is 1. The summed E-state index contributed by atoms with van der Waals surface area (Å²) in [6.45, 7) is 0.285. The first-order valence-electron chi connectivity index (χ1n) is 7.32. The lowest BCUT2D eigenvalue weighted by Crippen LogP contribution is -2.24. The van der Waals surface area contributed by atoms with Crippen LogP contribution in [0.3, 0.4) is 0 Å². The number of nitrogens with zero attached hydrogens (tertiary/aromatic N) is 6. The highest BCUT2D eigenvalue weighted by Crippen LogP contribution is 2.06. The molecule has 0 aliphatic rings. The maximum Gasteiger partial charge on any atom is 0.253 e. The predicted octanol–water partition coefficient (Wildman–Crippen LogP) is 1.24. The van der Waals surface area contributed by atoms with E-state index in [1.807, 2.05) is 28.8 Å².